The summed E-state index contributed by atoms with van der Waals surface area (Å²) < 4.78 is 0. The van der Waals surface area contributed by atoms with Crippen molar-refractivity contribution < 1.29 is 4.79 Å². The summed E-state index contributed by atoms with van der Waals surface area (Å²) in [5.41, 5.74) is 0.270. The maximum Gasteiger partial charge on any atom is 0.225 e. The fraction of sp³-hybridized carbons (Fsp3) is 0.933. The molecule has 3 aliphatic carbocycles. The zero-order valence-electron chi connectivity index (χ0n) is 12.0. The van der Waals surface area contributed by atoms with Gasteiger partial charge in [-0.05, 0) is 64.5 Å². The zero-order valence-corrected chi connectivity index (χ0v) is 12.0. The predicted octanol–water partition coefficient (Wildman–Crippen LogP) is 1.98. The first-order chi connectivity index (χ1) is 8.52. The summed E-state index contributed by atoms with van der Waals surface area (Å²) in [5.74, 6) is 2.56. The summed E-state index contributed by atoms with van der Waals surface area (Å²) in [4.78, 5) is 16.8. The number of amides is 1. The molecule has 0 aromatic heterocycles. The van der Waals surface area contributed by atoms with Gasteiger partial charge in [-0.3, -0.25) is 4.79 Å². The molecule has 3 fully saturated rings. The van der Waals surface area contributed by atoms with Gasteiger partial charge in [-0.1, -0.05) is 0 Å². The minimum Gasteiger partial charge on any atom is -0.344 e. The predicted molar refractivity (Wildman–Crippen MR) is 72.2 cm³/mol. The maximum atomic E-state index is 12.5. The smallest absolute Gasteiger partial charge is 0.225 e. The molecule has 3 heteroatoms. The third-order valence-electron chi connectivity index (χ3n) is 5.73. The molecule has 2 unspecified atom stereocenters. The standard InChI is InChI=1S/C15H26N2O/c1-16(2)15(5-4-6-15)10-17(3)14(18)13-8-11-7-12(11)9-13/h11-13H,4-10H2,1-3H3. The van der Waals surface area contributed by atoms with Crippen molar-refractivity contribution >= 4 is 5.91 Å². The lowest BCUT2D eigenvalue weighted by Crippen LogP contribution is -2.57. The van der Waals surface area contributed by atoms with Crippen molar-refractivity contribution in [3.8, 4) is 0 Å². The molecule has 0 radical (unpaired) electrons. The minimum absolute atomic E-state index is 0.270. The van der Waals surface area contributed by atoms with Gasteiger partial charge >= 0.3 is 0 Å². The van der Waals surface area contributed by atoms with Crippen molar-refractivity contribution in [1.82, 2.24) is 9.80 Å². The first kappa shape index (κ1) is 12.5. The Labute approximate surface area is 111 Å². The Bertz CT molecular complexity index is 338. The molecule has 0 bridgehead atoms. The normalized spacial score (nSPS) is 36.1. The van der Waals surface area contributed by atoms with Gasteiger partial charge in [-0.15, -0.1) is 0 Å². The van der Waals surface area contributed by atoms with Crippen LogP contribution in [-0.4, -0.2) is 48.9 Å². The Morgan fingerprint density at radius 3 is 2.17 bits per heavy atom. The van der Waals surface area contributed by atoms with Crippen molar-refractivity contribution in [3.63, 3.8) is 0 Å². The fourth-order valence-corrected chi connectivity index (χ4v) is 4.08. The van der Waals surface area contributed by atoms with Crippen molar-refractivity contribution in [1.29, 1.82) is 0 Å². The summed E-state index contributed by atoms with van der Waals surface area (Å²) in [6.07, 6.45) is 7.54. The molecule has 18 heavy (non-hydrogen) atoms. The van der Waals surface area contributed by atoms with Crippen LogP contribution in [-0.2, 0) is 4.79 Å². The third kappa shape index (κ3) is 1.97. The van der Waals surface area contributed by atoms with Crippen molar-refractivity contribution in [2.75, 3.05) is 27.7 Å². The number of nitrogens with zero attached hydrogens (tertiary/aromatic N) is 2. The van der Waals surface area contributed by atoms with E-state index in [-0.39, 0.29) is 5.54 Å². The van der Waals surface area contributed by atoms with Crippen LogP contribution in [0.2, 0.25) is 0 Å². The lowest BCUT2D eigenvalue weighted by molar-refractivity contribution is -0.137. The van der Waals surface area contributed by atoms with Crippen LogP contribution in [0.3, 0.4) is 0 Å². The topological polar surface area (TPSA) is 23.6 Å². The summed E-state index contributed by atoms with van der Waals surface area (Å²) in [6.45, 7) is 0.921. The molecular formula is C15H26N2O. The number of likely N-dealkylation sites (N-methyl/N-ethyl adjacent to an activating group) is 2. The van der Waals surface area contributed by atoms with E-state index in [1.165, 1.54) is 38.5 Å². The number of rotatable bonds is 4. The highest BCUT2D eigenvalue weighted by Crippen LogP contribution is 2.54. The van der Waals surface area contributed by atoms with E-state index in [9.17, 15) is 4.79 Å². The average molecular weight is 250 g/mol. The molecule has 0 saturated heterocycles. The highest BCUT2D eigenvalue weighted by Gasteiger charge is 2.49. The van der Waals surface area contributed by atoms with Crippen LogP contribution < -0.4 is 0 Å². The van der Waals surface area contributed by atoms with E-state index >= 15 is 0 Å². The molecule has 0 heterocycles. The highest BCUT2D eigenvalue weighted by molar-refractivity contribution is 5.79. The van der Waals surface area contributed by atoms with E-state index in [1.807, 2.05) is 11.9 Å². The van der Waals surface area contributed by atoms with Crippen molar-refractivity contribution in [3.05, 3.63) is 0 Å². The Morgan fingerprint density at radius 2 is 1.72 bits per heavy atom. The van der Waals surface area contributed by atoms with E-state index in [4.69, 9.17) is 0 Å². The van der Waals surface area contributed by atoms with Crippen LogP contribution in [0.25, 0.3) is 0 Å². The largest absolute Gasteiger partial charge is 0.344 e. The lowest BCUT2D eigenvalue weighted by Gasteiger charge is -2.49. The van der Waals surface area contributed by atoms with Crippen LogP contribution in [0.1, 0.15) is 38.5 Å². The summed E-state index contributed by atoms with van der Waals surface area (Å²) in [6, 6.07) is 0. The first-order valence-electron chi connectivity index (χ1n) is 7.44. The average Bonchev–Trinajstić information content (AvgIpc) is 2.89. The molecule has 3 nitrogen and oxygen atoms in total. The summed E-state index contributed by atoms with van der Waals surface area (Å²) in [7, 11) is 6.32. The van der Waals surface area contributed by atoms with Gasteiger partial charge in [0.25, 0.3) is 0 Å². The van der Waals surface area contributed by atoms with Crippen molar-refractivity contribution in [2.45, 2.75) is 44.1 Å². The first-order valence-corrected chi connectivity index (χ1v) is 7.44. The van der Waals surface area contributed by atoms with Gasteiger partial charge < -0.3 is 9.80 Å². The SMILES string of the molecule is CN(CC1(N(C)C)CCC1)C(=O)C1CC2CC2C1. The number of hydrogen-bond donors (Lipinski definition) is 0. The Kier molecular flexibility index (Phi) is 2.92. The van der Waals surface area contributed by atoms with Gasteiger partial charge in [0, 0.05) is 25.0 Å². The number of carbonyl (C=O) groups is 1. The van der Waals surface area contributed by atoms with Crippen LogP contribution in [0.15, 0.2) is 0 Å². The molecule has 1 amide bonds. The zero-order chi connectivity index (χ0) is 12.9. The number of hydrogen-bond acceptors (Lipinski definition) is 2. The maximum absolute atomic E-state index is 12.5. The van der Waals surface area contributed by atoms with E-state index in [2.05, 4.69) is 19.0 Å². The summed E-state index contributed by atoms with van der Waals surface area (Å²) >= 11 is 0. The molecule has 0 aromatic rings. The Balaban J connectivity index is 1.57. The van der Waals surface area contributed by atoms with Gasteiger partial charge in [-0.2, -0.15) is 0 Å². The molecule has 0 N–H and O–H groups in total. The molecule has 3 saturated carbocycles. The van der Waals surface area contributed by atoms with Gasteiger partial charge in [0.1, 0.15) is 0 Å². The molecule has 3 rings (SSSR count). The second kappa shape index (κ2) is 4.22. The van der Waals surface area contributed by atoms with Gasteiger partial charge in [-0.25, -0.2) is 0 Å². The van der Waals surface area contributed by atoms with Crippen molar-refractivity contribution in [2.24, 2.45) is 17.8 Å². The van der Waals surface area contributed by atoms with Gasteiger partial charge in [0.05, 0.1) is 0 Å². The lowest BCUT2D eigenvalue weighted by atomic mass is 9.75. The second-order valence-electron chi connectivity index (χ2n) is 7.09. The Morgan fingerprint density at radius 1 is 1.11 bits per heavy atom. The van der Waals surface area contributed by atoms with Crippen LogP contribution in [0.5, 0.6) is 0 Å². The molecule has 3 aliphatic rings. The van der Waals surface area contributed by atoms with Gasteiger partial charge in [0.15, 0.2) is 0 Å². The Hall–Kier alpha value is -0.570. The van der Waals surface area contributed by atoms with E-state index in [0.717, 1.165) is 18.4 Å². The van der Waals surface area contributed by atoms with Crippen LogP contribution >= 0.6 is 0 Å². The third-order valence-corrected chi connectivity index (χ3v) is 5.73. The highest BCUT2D eigenvalue weighted by atomic mass is 16.2. The fourth-order valence-electron chi connectivity index (χ4n) is 4.08. The van der Waals surface area contributed by atoms with Crippen LogP contribution in [0.4, 0.5) is 0 Å². The van der Waals surface area contributed by atoms with Crippen LogP contribution in [0, 0.1) is 17.8 Å². The molecule has 2 atom stereocenters. The van der Waals surface area contributed by atoms with E-state index in [0.29, 0.717) is 11.8 Å². The molecule has 102 valence electrons. The number of carbonyl (C=O) groups excluding carboxylic acids is 1. The minimum atomic E-state index is 0.270. The molecular weight excluding hydrogens is 224 g/mol. The quantitative estimate of drug-likeness (QED) is 0.761. The molecule has 0 spiro atoms. The summed E-state index contributed by atoms with van der Waals surface area (Å²) in [5, 5.41) is 0. The van der Waals surface area contributed by atoms with E-state index in [1.54, 1.807) is 0 Å². The monoisotopic (exact) mass is 250 g/mol. The molecule has 0 aliphatic heterocycles. The van der Waals surface area contributed by atoms with E-state index < -0.39 is 0 Å². The second-order valence-corrected chi connectivity index (χ2v) is 7.09. The number of fused-ring (bicyclic) bond motifs is 1. The van der Waals surface area contributed by atoms with Gasteiger partial charge in [0.2, 0.25) is 5.91 Å². The molecule has 0 aromatic carbocycles.